The summed E-state index contributed by atoms with van der Waals surface area (Å²) in [5, 5.41) is 21.4. The molecule has 2 aromatic carbocycles. The number of rotatable bonds is 3. The number of aromatic hydroxyl groups is 1. The molecule has 0 aliphatic heterocycles. The molecule has 1 heterocycles. The molecule has 0 radical (unpaired) electrons. The van der Waals surface area contributed by atoms with Crippen molar-refractivity contribution in [3.8, 4) is 11.4 Å². The Morgan fingerprint density at radius 1 is 1.12 bits per heavy atom. The Labute approximate surface area is 141 Å². The van der Waals surface area contributed by atoms with Gasteiger partial charge in [0.2, 0.25) is 0 Å². The summed E-state index contributed by atoms with van der Waals surface area (Å²) in [4.78, 5) is 0. The van der Waals surface area contributed by atoms with Gasteiger partial charge < -0.3 is 14.8 Å². The van der Waals surface area contributed by atoms with Crippen molar-refractivity contribution < 1.29 is 14.6 Å². The largest absolute Gasteiger partial charge is 0.507 e. The molecule has 0 amide bonds. The smallest absolute Gasteiger partial charge is 0.126 e. The number of hydrogen-bond acceptors (Lipinski definition) is 2. The third-order valence-corrected chi connectivity index (χ3v) is 4.34. The predicted octanol–water partition coefficient (Wildman–Crippen LogP) is 4.41. The molecule has 3 nitrogen and oxygen atoms in total. The van der Waals surface area contributed by atoms with Gasteiger partial charge in [-0.2, -0.15) is 0 Å². The fourth-order valence-electron chi connectivity index (χ4n) is 3.24. The number of halogens is 1. The van der Waals surface area contributed by atoms with Gasteiger partial charge in [-0.3, -0.25) is 0 Å². The number of benzene rings is 2. The molecule has 3 aromatic rings. The van der Waals surface area contributed by atoms with E-state index in [1.54, 1.807) is 45.0 Å². The Kier molecular flexibility index (Phi) is 3.88. The summed E-state index contributed by atoms with van der Waals surface area (Å²) in [6.07, 6.45) is 0.420. The molecule has 3 rings (SSSR count). The zero-order valence-corrected chi connectivity index (χ0v) is 14.4. The zero-order valence-electron chi connectivity index (χ0n) is 14.4. The summed E-state index contributed by atoms with van der Waals surface area (Å²) in [7, 11) is 0. The molecule has 0 aliphatic carbocycles. The molecule has 1 aromatic heterocycles. The maximum atomic E-state index is 13.7. The lowest BCUT2D eigenvalue weighted by atomic mass is 9.99. The average Bonchev–Trinajstić information content (AvgIpc) is 2.74. The Bertz CT molecular complexity index is 920. The van der Waals surface area contributed by atoms with Crippen LogP contribution in [0.4, 0.5) is 4.39 Å². The van der Waals surface area contributed by atoms with Crippen LogP contribution in [-0.4, -0.2) is 20.4 Å². The van der Waals surface area contributed by atoms with Gasteiger partial charge in [-0.25, -0.2) is 4.39 Å². The summed E-state index contributed by atoms with van der Waals surface area (Å²) >= 11 is 0. The third kappa shape index (κ3) is 2.78. The fourth-order valence-corrected chi connectivity index (χ4v) is 3.24. The van der Waals surface area contributed by atoms with Crippen LogP contribution >= 0.6 is 0 Å². The lowest BCUT2D eigenvalue weighted by Gasteiger charge is -2.20. The van der Waals surface area contributed by atoms with E-state index in [0.717, 1.165) is 27.8 Å². The van der Waals surface area contributed by atoms with E-state index in [1.165, 1.54) is 6.07 Å². The predicted molar refractivity (Wildman–Crippen MR) is 94.4 cm³/mol. The van der Waals surface area contributed by atoms with Gasteiger partial charge in [0.15, 0.2) is 0 Å². The van der Waals surface area contributed by atoms with Gasteiger partial charge in [-0.05, 0) is 69.2 Å². The minimum absolute atomic E-state index is 0.208. The highest BCUT2D eigenvalue weighted by Crippen LogP contribution is 2.36. The Morgan fingerprint density at radius 2 is 1.83 bits per heavy atom. The van der Waals surface area contributed by atoms with E-state index in [-0.39, 0.29) is 11.6 Å². The summed E-state index contributed by atoms with van der Waals surface area (Å²) < 4.78 is 15.7. The van der Waals surface area contributed by atoms with Crippen molar-refractivity contribution in [1.82, 2.24) is 4.57 Å². The van der Waals surface area contributed by atoms with Gasteiger partial charge in [-0.1, -0.05) is 6.07 Å². The number of aryl methyl sites for hydroxylation is 2. The molecule has 126 valence electrons. The molecular weight excluding hydrogens is 305 g/mol. The van der Waals surface area contributed by atoms with Gasteiger partial charge in [0, 0.05) is 23.2 Å². The van der Waals surface area contributed by atoms with Crippen molar-refractivity contribution in [3.05, 3.63) is 59.0 Å². The molecule has 4 heteroatoms. The van der Waals surface area contributed by atoms with Crippen molar-refractivity contribution in [2.24, 2.45) is 0 Å². The van der Waals surface area contributed by atoms with Crippen LogP contribution in [0.5, 0.6) is 5.75 Å². The van der Waals surface area contributed by atoms with E-state index in [4.69, 9.17) is 0 Å². The van der Waals surface area contributed by atoms with E-state index >= 15 is 0 Å². The number of aliphatic hydroxyl groups is 1. The van der Waals surface area contributed by atoms with Crippen LogP contribution in [0, 0.1) is 19.7 Å². The first-order valence-electron chi connectivity index (χ1n) is 8.00. The molecule has 24 heavy (non-hydrogen) atoms. The quantitative estimate of drug-likeness (QED) is 0.748. The number of nitrogens with zero attached hydrogens (tertiary/aromatic N) is 1. The maximum absolute atomic E-state index is 13.7. The summed E-state index contributed by atoms with van der Waals surface area (Å²) in [6.45, 7) is 7.18. The van der Waals surface area contributed by atoms with Crippen LogP contribution in [0.25, 0.3) is 16.6 Å². The minimum Gasteiger partial charge on any atom is -0.507 e. The zero-order chi connectivity index (χ0) is 17.6. The lowest BCUT2D eigenvalue weighted by Crippen LogP contribution is -2.24. The van der Waals surface area contributed by atoms with Crippen molar-refractivity contribution in [3.63, 3.8) is 0 Å². The topological polar surface area (TPSA) is 45.4 Å². The van der Waals surface area contributed by atoms with Crippen molar-refractivity contribution in [2.45, 2.75) is 39.7 Å². The maximum Gasteiger partial charge on any atom is 0.126 e. The second-order valence-corrected chi connectivity index (χ2v) is 7.00. The molecule has 2 N–H and O–H groups in total. The van der Waals surface area contributed by atoms with E-state index in [1.807, 2.05) is 17.6 Å². The van der Waals surface area contributed by atoms with Gasteiger partial charge in [0.25, 0.3) is 0 Å². The Balaban J connectivity index is 2.37. The highest BCUT2D eigenvalue weighted by atomic mass is 19.1. The average molecular weight is 327 g/mol. The summed E-state index contributed by atoms with van der Waals surface area (Å²) in [6, 6.07) is 10.3. The Hall–Kier alpha value is -2.33. The van der Waals surface area contributed by atoms with Gasteiger partial charge in [0.05, 0.1) is 11.1 Å². The van der Waals surface area contributed by atoms with Crippen LogP contribution in [0.15, 0.2) is 36.4 Å². The van der Waals surface area contributed by atoms with Gasteiger partial charge in [-0.15, -0.1) is 0 Å². The molecule has 0 aliphatic rings. The van der Waals surface area contributed by atoms with E-state index in [9.17, 15) is 14.6 Å². The first-order chi connectivity index (χ1) is 11.2. The van der Waals surface area contributed by atoms with Crippen molar-refractivity contribution in [1.29, 1.82) is 0 Å². The first-order valence-corrected chi connectivity index (χ1v) is 8.00. The van der Waals surface area contributed by atoms with Gasteiger partial charge in [0.1, 0.15) is 11.6 Å². The minimum atomic E-state index is -0.901. The van der Waals surface area contributed by atoms with Crippen molar-refractivity contribution in [2.75, 3.05) is 0 Å². The number of phenolic OH excluding ortho intramolecular Hbond substituents is 1. The Morgan fingerprint density at radius 3 is 2.46 bits per heavy atom. The molecule has 0 fully saturated rings. The van der Waals surface area contributed by atoms with E-state index in [2.05, 4.69) is 0 Å². The lowest BCUT2D eigenvalue weighted by molar-refractivity contribution is 0.0794. The van der Waals surface area contributed by atoms with Crippen LogP contribution in [0.2, 0.25) is 0 Å². The summed E-state index contributed by atoms with van der Waals surface area (Å²) in [5.41, 5.74) is 3.15. The van der Waals surface area contributed by atoms with Crippen molar-refractivity contribution >= 4 is 10.9 Å². The molecular formula is C20H22FNO2. The molecule has 0 saturated heterocycles. The highest BCUT2D eigenvalue weighted by molar-refractivity contribution is 5.92. The second-order valence-electron chi connectivity index (χ2n) is 7.00. The van der Waals surface area contributed by atoms with E-state index < -0.39 is 5.60 Å². The molecule has 0 bridgehead atoms. The number of aromatic nitrogens is 1. The summed E-state index contributed by atoms with van der Waals surface area (Å²) in [5.74, 6) is -0.0431. The van der Waals surface area contributed by atoms with Crippen LogP contribution in [-0.2, 0) is 6.42 Å². The standard InChI is InChI=1S/C20H22FNO2/c1-12-10-14(8-9-15(12)21)22-16-6-5-7-18(23)19(16)13(2)17(22)11-20(3,4)24/h5-10,23-24H,11H2,1-4H3. The number of phenols is 1. The van der Waals surface area contributed by atoms with Crippen LogP contribution in [0.1, 0.15) is 30.7 Å². The fraction of sp³-hybridized carbons (Fsp3) is 0.300. The first kappa shape index (κ1) is 16.5. The van der Waals surface area contributed by atoms with Gasteiger partial charge >= 0.3 is 0 Å². The molecule has 0 saturated carbocycles. The van der Waals surface area contributed by atoms with E-state index in [0.29, 0.717) is 12.0 Å². The second kappa shape index (κ2) is 5.64. The highest BCUT2D eigenvalue weighted by Gasteiger charge is 2.23. The monoisotopic (exact) mass is 327 g/mol. The molecule has 0 spiro atoms. The normalized spacial score (nSPS) is 12.1. The van der Waals surface area contributed by atoms with Crippen LogP contribution in [0.3, 0.4) is 0 Å². The SMILES string of the molecule is Cc1cc(-n2c(CC(C)(C)O)c(C)c3c(O)cccc32)ccc1F. The number of fused-ring (bicyclic) bond motifs is 1. The molecule has 0 unspecified atom stereocenters. The van der Waals surface area contributed by atoms with Crippen LogP contribution < -0.4 is 0 Å². The third-order valence-electron chi connectivity index (χ3n) is 4.34. The molecule has 0 atom stereocenters. The number of hydrogen-bond donors (Lipinski definition) is 2.